The lowest BCUT2D eigenvalue weighted by Crippen LogP contribution is -2.24. The maximum absolute atomic E-state index is 11.1. The number of carbonyl (C=O) groups excluding carboxylic acids is 1. The second-order valence-electron chi connectivity index (χ2n) is 4.25. The minimum Gasteiger partial charge on any atom is -0.490 e. The molecular weight excluding hydrogens is 218 g/mol. The Morgan fingerprint density at radius 3 is 3.12 bits per heavy atom. The molecule has 17 heavy (non-hydrogen) atoms. The molecule has 1 aliphatic heterocycles. The molecule has 0 saturated heterocycles. The lowest BCUT2D eigenvalue weighted by molar-refractivity contribution is 0.0999. The van der Waals surface area contributed by atoms with E-state index in [2.05, 4.69) is 0 Å². The molecule has 92 valence electrons. The van der Waals surface area contributed by atoms with Crippen LogP contribution in [0.2, 0.25) is 0 Å². The number of nitrogens with two attached hydrogens (primary N) is 1. The Bertz CT molecular complexity index is 417. The van der Waals surface area contributed by atoms with Gasteiger partial charge in [0.15, 0.2) is 0 Å². The number of primary amides is 1. The summed E-state index contributed by atoms with van der Waals surface area (Å²) in [6.45, 7) is 0.708. The van der Waals surface area contributed by atoms with E-state index in [4.69, 9.17) is 15.2 Å². The summed E-state index contributed by atoms with van der Waals surface area (Å²) in [5, 5.41) is 0. The van der Waals surface area contributed by atoms with Crippen LogP contribution in [0, 0.1) is 0 Å². The third kappa shape index (κ3) is 2.77. The van der Waals surface area contributed by atoms with Crippen molar-refractivity contribution in [2.24, 2.45) is 5.73 Å². The Morgan fingerprint density at radius 1 is 1.59 bits per heavy atom. The Hall–Kier alpha value is -1.55. The molecule has 0 aromatic heterocycles. The Kier molecular flexibility index (Phi) is 3.64. The molecular formula is C13H17NO3. The highest BCUT2D eigenvalue weighted by Crippen LogP contribution is 2.29. The van der Waals surface area contributed by atoms with Gasteiger partial charge in [0, 0.05) is 25.7 Å². The third-order valence-electron chi connectivity index (χ3n) is 3.02. The number of benzene rings is 1. The number of methoxy groups -OCH3 is 1. The van der Waals surface area contributed by atoms with Gasteiger partial charge < -0.3 is 15.2 Å². The molecule has 0 fully saturated rings. The first-order valence-electron chi connectivity index (χ1n) is 5.79. The molecule has 0 bridgehead atoms. The largest absolute Gasteiger partial charge is 0.490 e. The van der Waals surface area contributed by atoms with Gasteiger partial charge in [0.1, 0.15) is 11.9 Å². The lowest BCUT2D eigenvalue weighted by atomic mass is 9.98. The first-order valence-corrected chi connectivity index (χ1v) is 5.79. The molecule has 0 saturated carbocycles. The SMILES string of the molecule is COCCC1CCc2cc(C(N)=O)ccc2O1. The van der Waals surface area contributed by atoms with Gasteiger partial charge in [0.25, 0.3) is 0 Å². The molecule has 1 aromatic carbocycles. The van der Waals surface area contributed by atoms with Gasteiger partial charge in [-0.05, 0) is 36.6 Å². The summed E-state index contributed by atoms with van der Waals surface area (Å²) in [5.41, 5.74) is 6.85. The van der Waals surface area contributed by atoms with Crippen molar-refractivity contribution in [3.8, 4) is 5.75 Å². The minimum absolute atomic E-state index is 0.210. The molecule has 0 spiro atoms. The predicted molar refractivity (Wildman–Crippen MR) is 64.2 cm³/mol. The molecule has 1 amide bonds. The van der Waals surface area contributed by atoms with E-state index in [1.165, 1.54) is 0 Å². The van der Waals surface area contributed by atoms with Gasteiger partial charge >= 0.3 is 0 Å². The molecule has 2 N–H and O–H groups in total. The van der Waals surface area contributed by atoms with Crippen molar-refractivity contribution in [1.82, 2.24) is 0 Å². The van der Waals surface area contributed by atoms with Crippen LogP contribution in [0.5, 0.6) is 5.75 Å². The van der Waals surface area contributed by atoms with Gasteiger partial charge in [-0.3, -0.25) is 4.79 Å². The number of fused-ring (bicyclic) bond motifs is 1. The standard InChI is InChI=1S/C13H17NO3/c1-16-7-6-11-4-2-9-8-10(13(14)15)3-5-12(9)17-11/h3,5,8,11H,2,4,6-7H2,1H3,(H2,14,15). The Morgan fingerprint density at radius 2 is 2.41 bits per heavy atom. The lowest BCUT2D eigenvalue weighted by Gasteiger charge is -2.26. The van der Waals surface area contributed by atoms with Crippen LogP contribution in [0.25, 0.3) is 0 Å². The summed E-state index contributed by atoms with van der Waals surface area (Å²) in [6, 6.07) is 5.36. The van der Waals surface area contributed by atoms with E-state index in [9.17, 15) is 4.79 Å². The fourth-order valence-corrected chi connectivity index (χ4v) is 2.05. The van der Waals surface area contributed by atoms with Crippen molar-refractivity contribution in [3.63, 3.8) is 0 Å². The van der Waals surface area contributed by atoms with Crippen LogP contribution in [0.1, 0.15) is 28.8 Å². The van der Waals surface area contributed by atoms with Gasteiger partial charge in [-0.1, -0.05) is 0 Å². The molecule has 0 radical (unpaired) electrons. The van der Waals surface area contributed by atoms with E-state index in [-0.39, 0.29) is 6.10 Å². The first kappa shape index (κ1) is 11.9. The third-order valence-corrected chi connectivity index (χ3v) is 3.02. The highest BCUT2D eigenvalue weighted by molar-refractivity contribution is 5.93. The molecule has 1 unspecified atom stereocenters. The highest BCUT2D eigenvalue weighted by atomic mass is 16.5. The van der Waals surface area contributed by atoms with Crippen LogP contribution in [0.15, 0.2) is 18.2 Å². The van der Waals surface area contributed by atoms with Crippen LogP contribution < -0.4 is 10.5 Å². The van der Waals surface area contributed by atoms with Crippen molar-refractivity contribution in [1.29, 1.82) is 0 Å². The molecule has 1 aliphatic rings. The number of rotatable bonds is 4. The maximum atomic E-state index is 11.1. The summed E-state index contributed by atoms with van der Waals surface area (Å²) in [5.74, 6) is 0.469. The Balaban J connectivity index is 2.09. The normalized spacial score (nSPS) is 18.3. The average molecular weight is 235 g/mol. The topological polar surface area (TPSA) is 61.5 Å². The van der Waals surface area contributed by atoms with Crippen molar-refractivity contribution < 1.29 is 14.3 Å². The minimum atomic E-state index is -0.394. The van der Waals surface area contributed by atoms with E-state index in [1.807, 2.05) is 12.1 Å². The number of aryl methyl sites for hydroxylation is 1. The summed E-state index contributed by atoms with van der Waals surface area (Å²) in [6.07, 6.45) is 2.98. The van der Waals surface area contributed by atoms with E-state index >= 15 is 0 Å². The van der Waals surface area contributed by atoms with Gasteiger partial charge in [-0.25, -0.2) is 0 Å². The number of hydrogen-bond acceptors (Lipinski definition) is 3. The zero-order chi connectivity index (χ0) is 12.3. The number of hydrogen-bond donors (Lipinski definition) is 1. The number of ether oxygens (including phenoxy) is 2. The molecule has 1 atom stereocenters. The van der Waals surface area contributed by atoms with E-state index in [0.29, 0.717) is 12.2 Å². The first-order chi connectivity index (χ1) is 8.20. The fourth-order valence-electron chi connectivity index (χ4n) is 2.05. The van der Waals surface area contributed by atoms with Gasteiger partial charge in [0.05, 0.1) is 0 Å². The Labute approximate surface area is 101 Å². The van der Waals surface area contributed by atoms with E-state index in [0.717, 1.165) is 30.6 Å². The van der Waals surface area contributed by atoms with Crippen LogP contribution in [-0.2, 0) is 11.2 Å². The maximum Gasteiger partial charge on any atom is 0.248 e. The number of carbonyl (C=O) groups is 1. The van der Waals surface area contributed by atoms with E-state index < -0.39 is 5.91 Å². The van der Waals surface area contributed by atoms with Crippen molar-refractivity contribution in [2.75, 3.05) is 13.7 Å². The fraction of sp³-hybridized carbons (Fsp3) is 0.462. The summed E-state index contributed by atoms with van der Waals surface area (Å²) >= 11 is 0. The van der Waals surface area contributed by atoms with Gasteiger partial charge in [-0.2, -0.15) is 0 Å². The monoisotopic (exact) mass is 235 g/mol. The summed E-state index contributed by atoms with van der Waals surface area (Å²) in [4.78, 5) is 11.1. The molecule has 4 nitrogen and oxygen atoms in total. The van der Waals surface area contributed by atoms with Crippen LogP contribution in [0.4, 0.5) is 0 Å². The second-order valence-corrected chi connectivity index (χ2v) is 4.25. The zero-order valence-electron chi connectivity index (χ0n) is 9.94. The van der Waals surface area contributed by atoms with Gasteiger partial charge in [0.2, 0.25) is 5.91 Å². The smallest absolute Gasteiger partial charge is 0.248 e. The van der Waals surface area contributed by atoms with Crippen LogP contribution in [0.3, 0.4) is 0 Å². The average Bonchev–Trinajstić information content (AvgIpc) is 2.35. The zero-order valence-corrected chi connectivity index (χ0v) is 9.94. The molecule has 0 aliphatic carbocycles. The van der Waals surface area contributed by atoms with Crippen LogP contribution >= 0.6 is 0 Å². The molecule has 4 heteroatoms. The predicted octanol–water partition coefficient (Wildman–Crippen LogP) is 1.52. The second kappa shape index (κ2) is 5.19. The summed E-state index contributed by atoms with van der Waals surface area (Å²) in [7, 11) is 1.69. The molecule has 1 aromatic rings. The van der Waals surface area contributed by atoms with E-state index in [1.54, 1.807) is 13.2 Å². The van der Waals surface area contributed by atoms with Crippen molar-refractivity contribution >= 4 is 5.91 Å². The molecule has 1 heterocycles. The number of amides is 1. The summed E-state index contributed by atoms with van der Waals surface area (Å²) < 4.78 is 10.9. The highest BCUT2D eigenvalue weighted by Gasteiger charge is 2.20. The van der Waals surface area contributed by atoms with Crippen LogP contribution in [-0.4, -0.2) is 25.7 Å². The quantitative estimate of drug-likeness (QED) is 0.860. The van der Waals surface area contributed by atoms with Gasteiger partial charge in [-0.15, -0.1) is 0 Å². The van der Waals surface area contributed by atoms with Crippen molar-refractivity contribution in [2.45, 2.75) is 25.4 Å². The van der Waals surface area contributed by atoms with Crippen molar-refractivity contribution in [3.05, 3.63) is 29.3 Å². The molecule has 2 rings (SSSR count).